The van der Waals surface area contributed by atoms with Gasteiger partial charge in [-0.15, -0.1) is 10.2 Å². The topological polar surface area (TPSA) is 77.0 Å². The zero-order valence-electron chi connectivity index (χ0n) is 10.8. The highest BCUT2D eigenvalue weighted by Gasteiger charge is 2.20. The van der Waals surface area contributed by atoms with Crippen LogP contribution in [0.4, 0.5) is 0 Å². The van der Waals surface area contributed by atoms with E-state index in [1.54, 1.807) is 0 Å². The second kappa shape index (κ2) is 6.37. The van der Waals surface area contributed by atoms with Crippen molar-refractivity contribution in [1.29, 1.82) is 0 Å². The van der Waals surface area contributed by atoms with Gasteiger partial charge in [0.15, 0.2) is 5.16 Å². The lowest BCUT2D eigenvalue weighted by atomic mass is 10.1. The summed E-state index contributed by atoms with van der Waals surface area (Å²) in [7, 11) is 0. The van der Waals surface area contributed by atoms with E-state index in [4.69, 9.17) is 5.73 Å². The first kappa shape index (κ1) is 14.5. The summed E-state index contributed by atoms with van der Waals surface area (Å²) in [5.41, 5.74) is 4.96. The molecule has 0 spiro atoms. The highest BCUT2D eigenvalue weighted by Crippen LogP contribution is 2.23. The molecule has 17 heavy (non-hydrogen) atoms. The van der Waals surface area contributed by atoms with Crippen LogP contribution in [0.1, 0.15) is 39.4 Å². The molecule has 0 saturated carbocycles. The van der Waals surface area contributed by atoms with Crippen molar-refractivity contribution in [2.24, 2.45) is 5.73 Å². The Hall–Kier alpha value is -0.590. The molecule has 0 amide bonds. The zero-order chi connectivity index (χ0) is 12.9. The maximum absolute atomic E-state index is 9.97. The Morgan fingerprint density at radius 1 is 1.41 bits per heavy atom. The van der Waals surface area contributed by atoms with Crippen LogP contribution in [0.3, 0.4) is 0 Å². The molecule has 1 rings (SSSR count). The minimum Gasteiger partial charge on any atom is -0.389 e. The largest absolute Gasteiger partial charge is 0.389 e. The van der Waals surface area contributed by atoms with E-state index in [1.165, 1.54) is 11.8 Å². The van der Waals surface area contributed by atoms with E-state index >= 15 is 0 Å². The third kappa shape index (κ3) is 3.97. The Labute approximate surface area is 107 Å². The van der Waals surface area contributed by atoms with Crippen LogP contribution >= 0.6 is 11.8 Å². The molecule has 0 saturated heterocycles. The van der Waals surface area contributed by atoms with Crippen molar-refractivity contribution in [3.63, 3.8) is 0 Å². The van der Waals surface area contributed by atoms with Gasteiger partial charge in [-0.25, -0.2) is 0 Å². The maximum atomic E-state index is 9.97. The monoisotopic (exact) mass is 258 g/mol. The molecule has 0 aliphatic rings. The Bertz CT molecular complexity index is 351. The van der Waals surface area contributed by atoms with Crippen LogP contribution in [0, 0.1) is 0 Å². The number of nitrogens with two attached hydrogens (primary N) is 1. The third-order valence-corrected chi connectivity index (χ3v) is 4.02. The third-order valence-electron chi connectivity index (χ3n) is 2.70. The number of hydrogen-bond acceptors (Lipinski definition) is 5. The molecule has 1 unspecified atom stereocenters. The molecule has 3 N–H and O–H groups in total. The first-order valence-corrected chi connectivity index (χ1v) is 7.00. The number of nitrogens with zero attached hydrogens (tertiary/aromatic N) is 3. The zero-order valence-corrected chi connectivity index (χ0v) is 11.6. The summed E-state index contributed by atoms with van der Waals surface area (Å²) in [5.74, 6) is 1.43. The molecule has 0 bridgehead atoms. The number of aromatic nitrogens is 3. The Kier molecular flexibility index (Phi) is 5.42. The summed E-state index contributed by atoms with van der Waals surface area (Å²) in [5, 5.41) is 19.0. The van der Waals surface area contributed by atoms with Gasteiger partial charge >= 0.3 is 0 Å². The molecule has 0 aliphatic heterocycles. The van der Waals surface area contributed by atoms with Gasteiger partial charge in [-0.05, 0) is 19.8 Å². The van der Waals surface area contributed by atoms with Crippen molar-refractivity contribution in [2.45, 2.75) is 57.5 Å². The van der Waals surface area contributed by atoms with Crippen LogP contribution in [-0.4, -0.2) is 31.2 Å². The molecule has 5 nitrogen and oxygen atoms in total. The summed E-state index contributed by atoms with van der Waals surface area (Å²) in [6.07, 6.45) is 1.74. The number of hydrogen-bond donors (Lipinski definition) is 2. The molecule has 0 aliphatic carbocycles. The van der Waals surface area contributed by atoms with Crippen LogP contribution in [-0.2, 0) is 13.1 Å². The molecule has 0 aromatic carbocycles. The quantitative estimate of drug-likeness (QED) is 0.723. The fraction of sp³-hybridized carbons (Fsp3) is 0.818. The number of rotatable bonds is 7. The molecular formula is C11H22N4OS. The summed E-state index contributed by atoms with van der Waals surface area (Å²) in [6, 6.07) is 0. The van der Waals surface area contributed by atoms with Crippen molar-refractivity contribution in [3.8, 4) is 0 Å². The maximum Gasteiger partial charge on any atom is 0.191 e. The van der Waals surface area contributed by atoms with Crippen molar-refractivity contribution >= 4 is 11.8 Å². The van der Waals surface area contributed by atoms with Crippen LogP contribution in [0.25, 0.3) is 0 Å². The molecule has 1 aromatic rings. The van der Waals surface area contributed by atoms with Gasteiger partial charge in [0.2, 0.25) is 0 Å². The van der Waals surface area contributed by atoms with Gasteiger partial charge in [-0.1, -0.05) is 25.6 Å². The summed E-state index contributed by atoms with van der Waals surface area (Å²) < 4.78 is 2.04. The van der Waals surface area contributed by atoms with E-state index in [9.17, 15) is 5.11 Å². The average molecular weight is 258 g/mol. The van der Waals surface area contributed by atoms with Crippen molar-refractivity contribution in [2.75, 3.05) is 5.75 Å². The van der Waals surface area contributed by atoms with Gasteiger partial charge in [0.05, 0.1) is 12.1 Å². The normalized spacial score (nSPS) is 14.9. The van der Waals surface area contributed by atoms with Crippen molar-refractivity contribution in [3.05, 3.63) is 5.82 Å². The molecule has 98 valence electrons. The van der Waals surface area contributed by atoms with E-state index in [0.29, 0.717) is 12.3 Å². The van der Waals surface area contributed by atoms with E-state index in [2.05, 4.69) is 17.1 Å². The first-order valence-electron chi connectivity index (χ1n) is 6.01. The van der Waals surface area contributed by atoms with Crippen LogP contribution in [0.5, 0.6) is 0 Å². The Morgan fingerprint density at radius 3 is 2.65 bits per heavy atom. The van der Waals surface area contributed by atoms with E-state index < -0.39 is 5.60 Å². The predicted molar refractivity (Wildman–Crippen MR) is 69.8 cm³/mol. The molecule has 1 aromatic heterocycles. The predicted octanol–water partition coefficient (Wildman–Crippen LogP) is 1.40. The highest BCUT2D eigenvalue weighted by molar-refractivity contribution is 7.99. The molecule has 1 atom stereocenters. The fourth-order valence-corrected chi connectivity index (χ4v) is 2.44. The molecular weight excluding hydrogens is 236 g/mol. The van der Waals surface area contributed by atoms with Crippen LogP contribution in [0.2, 0.25) is 0 Å². The van der Waals surface area contributed by atoms with Gasteiger partial charge in [0, 0.05) is 12.3 Å². The minimum atomic E-state index is -0.656. The molecule has 6 heteroatoms. The fourth-order valence-electron chi connectivity index (χ4n) is 1.35. The highest BCUT2D eigenvalue weighted by atomic mass is 32.2. The minimum absolute atomic E-state index is 0.401. The number of thioether (sulfide) groups is 1. The van der Waals surface area contributed by atoms with Crippen molar-refractivity contribution < 1.29 is 5.11 Å². The summed E-state index contributed by atoms with van der Waals surface area (Å²) in [6.45, 7) is 7.19. The van der Waals surface area contributed by atoms with E-state index in [0.717, 1.165) is 30.4 Å². The number of aliphatic hydroxyl groups is 1. The van der Waals surface area contributed by atoms with Gasteiger partial charge in [-0.3, -0.25) is 0 Å². The molecule has 1 heterocycles. The van der Waals surface area contributed by atoms with Gasteiger partial charge in [0.25, 0.3) is 0 Å². The lowest BCUT2D eigenvalue weighted by Crippen LogP contribution is -2.26. The second-order valence-electron chi connectivity index (χ2n) is 4.39. The Balaban J connectivity index is 2.73. The second-order valence-corrected chi connectivity index (χ2v) is 5.34. The SMILES string of the molecule is CCCn1c(CN)nnc1SCC(C)(O)CC. The lowest BCUT2D eigenvalue weighted by molar-refractivity contribution is 0.0815. The lowest BCUT2D eigenvalue weighted by Gasteiger charge is -2.20. The smallest absolute Gasteiger partial charge is 0.191 e. The Morgan fingerprint density at radius 2 is 2.12 bits per heavy atom. The van der Waals surface area contributed by atoms with Crippen molar-refractivity contribution in [1.82, 2.24) is 14.8 Å². The standard InChI is InChI=1S/C11H22N4OS/c1-4-6-15-9(7-12)13-14-10(15)17-8-11(3,16)5-2/h16H,4-8,12H2,1-3H3. The van der Waals surface area contributed by atoms with Crippen LogP contribution < -0.4 is 5.73 Å². The molecule has 0 radical (unpaired) electrons. The summed E-state index contributed by atoms with van der Waals surface area (Å²) in [4.78, 5) is 0. The van der Waals surface area contributed by atoms with Gasteiger partial charge in [0.1, 0.15) is 5.82 Å². The first-order chi connectivity index (χ1) is 8.04. The van der Waals surface area contributed by atoms with E-state index in [1.807, 2.05) is 18.4 Å². The van der Waals surface area contributed by atoms with E-state index in [-0.39, 0.29) is 0 Å². The molecule has 0 fully saturated rings. The van der Waals surface area contributed by atoms with Crippen LogP contribution in [0.15, 0.2) is 5.16 Å². The van der Waals surface area contributed by atoms with Gasteiger partial charge < -0.3 is 15.4 Å². The summed E-state index contributed by atoms with van der Waals surface area (Å²) >= 11 is 1.54. The average Bonchev–Trinajstić information content (AvgIpc) is 2.70. The van der Waals surface area contributed by atoms with Gasteiger partial charge in [-0.2, -0.15) is 0 Å².